The SMILES string of the molecule is CC(=O)N(C)Cc1nc2ccccc2n1CCCCOc1cc(C)cc(C)c1. The molecule has 1 aromatic heterocycles. The van der Waals surface area contributed by atoms with E-state index in [0.717, 1.165) is 42.0 Å². The number of para-hydroxylation sites is 2. The lowest BCUT2D eigenvalue weighted by Gasteiger charge is -2.16. The lowest BCUT2D eigenvalue weighted by Crippen LogP contribution is -2.25. The van der Waals surface area contributed by atoms with Crippen LogP contribution in [0.2, 0.25) is 0 Å². The van der Waals surface area contributed by atoms with Gasteiger partial charge in [0.05, 0.1) is 24.2 Å². The van der Waals surface area contributed by atoms with E-state index in [0.29, 0.717) is 13.2 Å². The lowest BCUT2D eigenvalue weighted by molar-refractivity contribution is -0.128. The van der Waals surface area contributed by atoms with Crippen LogP contribution in [-0.4, -0.2) is 34.0 Å². The normalized spacial score (nSPS) is 11.0. The highest BCUT2D eigenvalue weighted by Gasteiger charge is 2.13. The van der Waals surface area contributed by atoms with E-state index in [1.54, 1.807) is 11.8 Å². The Hall–Kier alpha value is -2.82. The summed E-state index contributed by atoms with van der Waals surface area (Å²) in [5.74, 6) is 1.91. The molecule has 0 saturated heterocycles. The quantitative estimate of drug-likeness (QED) is 0.542. The molecule has 2 aromatic carbocycles. The number of carbonyl (C=O) groups is 1. The van der Waals surface area contributed by atoms with Gasteiger partial charge in [0, 0.05) is 20.5 Å². The van der Waals surface area contributed by atoms with Crippen molar-refractivity contribution in [3.63, 3.8) is 0 Å². The van der Waals surface area contributed by atoms with Gasteiger partial charge in [-0.15, -0.1) is 0 Å². The Labute approximate surface area is 166 Å². The molecular weight excluding hydrogens is 350 g/mol. The number of nitrogens with zero attached hydrogens (tertiary/aromatic N) is 3. The van der Waals surface area contributed by atoms with Gasteiger partial charge in [-0.2, -0.15) is 0 Å². The van der Waals surface area contributed by atoms with Gasteiger partial charge in [0.1, 0.15) is 11.6 Å². The van der Waals surface area contributed by atoms with Crippen LogP contribution < -0.4 is 4.74 Å². The fourth-order valence-corrected chi connectivity index (χ4v) is 3.40. The molecule has 5 heteroatoms. The Balaban J connectivity index is 1.62. The molecule has 0 bridgehead atoms. The number of hydrogen-bond acceptors (Lipinski definition) is 3. The third-order valence-electron chi connectivity index (χ3n) is 4.89. The average molecular weight is 380 g/mol. The minimum absolute atomic E-state index is 0.0421. The third kappa shape index (κ3) is 4.91. The van der Waals surface area contributed by atoms with Crippen molar-refractivity contribution in [3.8, 4) is 5.75 Å². The first-order valence-corrected chi connectivity index (χ1v) is 9.81. The van der Waals surface area contributed by atoms with Crippen molar-refractivity contribution in [3.05, 3.63) is 59.4 Å². The highest BCUT2D eigenvalue weighted by molar-refractivity contribution is 5.76. The number of hydrogen-bond donors (Lipinski definition) is 0. The topological polar surface area (TPSA) is 47.4 Å². The van der Waals surface area contributed by atoms with Crippen LogP contribution >= 0.6 is 0 Å². The minimum Gasteiger partial charge on any atom is -0.494 e. The van der Waals surface area contributed by atoms with Gasteiger partial charge in [-0.25, -0.2) is 4.98 Å². The molecule has 3 aromatic rings. The van der Waals surface area contributed by atoms with E-state index in [9.17, 15) is 4.79 Å². The molecule has 5 nitrogen and oxygen atoms in total. The van der Waals surface area contributed by atoms with Crippen LogP contribution in [0.1, 0.15) is 36.7 Å². The number of unbranched alkanes of at least 4 members (excludes halogenated alkanes) is 1. The van der Waals surface area contributed by atoms with Gasteiger partial charge in [-0.1, -0.05) is 18.2 Å². The van der Waals surface area contributed by atoms with Crippen molar-refractivity contribution in [2.24, 2.45) is 0 Å². The molecule has 148 valence electrons. The van der Waals surface area contributed by atoms with Crippen molar-refractivity contribution < 1.29 is 9.53 Å². The first-order valence-electron chi connectivity index (χ1n) is 9.81. The summed E-state index contributed by atoms with van der Waals surface area (Å²) in [4.78, 5) is 18.1. The summed E-state index contributed by atoms with van der Waals surface area (Å²) in [5.41, 5.74) is 4.53. The van der Waals surface area contributed by atoms with Crippen molar-refractivity contribution in [1.29, 1.82) is 0 Å². The number of ether oxygens (including phenoxy) is 1. The highest BCUT2D eigenvalue weighted by atomic mass is 16.5. The number of aryl methyl sites for hydroxylation is 3. The Bertz CT molecular complexity index is 941. The number of benzene rings is 2. The maximum Gasteiger partial charge on any atom is 0.219 e. The summed E-state index contributed by atoms with van der Waals surface area (Å²) in [6.07, 6.45) is 1.95. The second-order valence-electron chi connectivity index (χ2n) is 7.42. The van der Waals surface area contributed by atoms with Crippen LogP contribution in [0, 0.1) is 13.8 Å². The van der Waals surface area contributed by atoms with E-state index in [-0.39, 0.29) is 5.91 Å². The highest BCUT2D eigenvalue weighted by Crippen LogP contribution is 2.19. The standard InChI is InChI=1S/C23H29N3O2/c1-17-13-18(2)15-20(14-17)28-12-8-7-11-26-22-10-6-5-9-21(22)24-23(26)16-25(4)19(3)27/h5-6,9-10,13-15H,7-8,11-12,16H2,1-4H3. The molecule has 0 radical (unpaired) electrons. The van der Waals surface area contributed by atoms with Crippen LogP contribution in [0.25, 0.3) is 11.0 Å². The predicted octanol–water partition coefficient (Wildman–Crippen LogP) is 4.49. The van der Waals surface area contributed by atoms with E-state index < -0.39 is 0 Å². The van der Waals surface area contributed by atoms with Gasteiger partial charge < -0.3 is 14.2 Å². The zero-order valence-corrected chi connectivity index (χ0v) is 17.2. The maximum atomic E-state index is 11.6. The Morgan fingerprint density at radius 2 is 1.82 bits per heavy atom. The Morgan fingerprint density at radius 3 is 2.54 bits per heavy atom. The fourth-order valence-electron chi connectivity index (χ4n) is 3.40. The molecule has 0 unspecified atom stereocenters. The van der Waals surface area contributed by atoms with Crippen LogP contribution in [-0.2, 0) is 17.9 Å². The van der Waals surface area contributed by atoms with Crippen molar-refractivity contribution in [2.45, 2.75) is 46.7 Å². The number of aromatic nitrogens is 2. The molecular formula is C23H29N3O2. The average Bonchev–Trinajstić information content (AvgIpc) is 2.98. The molecule has 0 saturated carbocycles. The number of rotatable bonds is 8. The van der Waals surface area contributed by atoms with Gasteiger partial charge in [0.2, 0.25) is 5.91 Å². The Kier molecular flexibility index (Phi) is 6.34. The van der Waals surface area contributed by atoms with Gasteiger partial charge in [0.15, 0.2) is 0 Å². The van der Waals surface area contributed by atoms with Crippen molar-refractivity contribution in [1.82, 2.24) is 14.5 Å². The first kappa shape index (κ1) is 19.9. The van der Waals surface area contributed by atoms with E-state index in [1.807, 2.05) is 25.2 Å². The number of amides is 1. The molecule has 0 N–H and O–H groups in total. The molecule has 0 aliphatic heterocycles. The fraction of sp³-hybridized carbons (Fsp3) is 0.391. The third-order valence-corrected chi connectivity index (χ3v) is 4.89. The largest absolute Gasteiger partial charge is 0.494 e. The number of fused-ring (bicyclic) bond motifs is 1. The van der Waals surface area contributed by atoms with Gasteiger partial charge >= 0.3 is 0 Å². The predicted molar refractivity (Wildman–Crippen MR) is 113 cm³/mol. The maximum absolute atomic E-state index is 11.6. The molecule has 0 fully saturated rings. The summed E-state index contributed by atoms with van der Waals surface area (Å²) in [5, 5.41) is 0. The zero-order valence-electron chi connectivity index (χ0n) is 17.2. The molecule has 28 heavy (non-hydrogen) atoms. The summed E-state index contributed by atoms with van der Waals surface area (Å²) in [7, 11) is 1.81. The zero-order chi connectivity index (χ0) is 20.1. The second-order valence-corrected chi connectivity index (χ2v) is 7.42. The van der Waals surface area contributed by atoms with E-state index >= 15 is 0 Å². The van der Waals surface area contributed by atoms with Crippen LogP contribution in [0.15, 0.2) is 42.5 Å². The van der Waals surface area contributed by atoms with E-state index in [1.165, 1.54) is 11.1 Å². The van der Waals surface area contributed by atoms with Crippen LogP contribution in [0.4, 0.5) is 0 Å². The molecule has 0 atom stereocenters. The van der Waals surface area contributed by atoms with E-state index in [4.69, 9.17) is 9.72 Å². The molecule has 1 heterocycles. The van der Waals surface area contributed by atoms with Gasteiger partial charge in [-0.05, 0) is 62.1 Å². The summed E-state index contributed by atoms with van der Waals surface area (Å²) >= 11 is 0. The van der Waals surface area contributed by atoms with Gasteiger partial charge in [0.25, 0.3) is 0 Å². The summed E-state index contributed by atoms with van der Waals surface area (Å²) < 4.78 is 8.15. The molecule has 0 aliphatic rings. The molecule has 0 aliphatic carbocycles. The summed E-state index contributed by atoms with van der Waals surface area (Å²) in [6.45, 7) is 7.82. The van der Waals surface area contributed by atoms with Gasteiger partial charge in [-0.3, -0.25) is 4.79 Å². The first-order chi connectivity index (χ1) is 13.4. The van der Waals surface area contributed by atoms with E-state index in [2.05, 4.69) is 42.7 Å². The number of imidazole rings is 1. The van der Waals surface area contributed by atoms with Crippen molar-refractivity contribution >= 4 is 16.9 Å². The number of carbonyl (C=O) groups excluding carboxylic acids is 1. The summed E-state index contributed by atoms with van der Waals surface area (Å²) in [6, 6.07) is 14.4. The lowest BCUT2D eigenvalue weighted by atomic mass is 10.1. The van der Waals surface area contributed by atoms with Crippen LogP contribution in [0.5, 0.6) is 5.75 Å². The molecule has 0 spiro atoms. The molecule has 3 rings (SSSR count). The Morgan fingerprint density at radius 1 is 1.11 bits per heavy atom. The van der Waals surface area contributed by atoms with Crippen LogP contribution in [0.3, 0.4) is 0 Å². The van der Waals surface area contributed by atoms with Crippen molar-refractivity contribution in [2.75, 3.05) is 13.7 Å². The smallest absolute Gasteiger partial charge is 0.219 e. The monoisotopic (exact) mass is 379 g/mol. The second kappa shape index (κ2) is 8.91. The minimum atomic E-state index is 0.0421. The molecule has 1 amide bonds.